The molecule has 0 amide bonds. The van der Waals surface area contributed by atoms with Gasteiger partial charge in [-0.15, -0.1) is 0 Å². The minimum atomic E-state index is -2.37. The van der Waals surface area contributed by atoms with E-state index in [9.17, 15) is 8.78 Å². The zero-order chi connectivity index (χ0) is 5.70. The molecular weight excluding hydrogens is 122 g/mol. The first-order valence-electron chi connectivity index (χ1n) is 1.74. The minimum Gasteiger partial charge on any atom is -0.365 e. The summed E-state index contributed by atoms with van der Waals surface area (Å²) in [4.78, 5) is 0. The Labute approximate surface area is 46.1 Å². The number of halogens is 2. The lowest BCUT2D eigenvalue weighted by molar-refractivity contribution is 0.0369. The molecule has 0 atom stereocenters. The van der Waals surface area contributed by atoms with E-state index in [0.29, 0.717) is 0 Å². The molecule has 0 aromatic heterocycles. The Morgan fingerprint density at radius 1 is 1.57 bits per heavy atom. The molecule has 0 rings (SSSR count). The molecule has 1 nitrogen and oxygen atoms in total. The molecule has 0 fully saturated rings. The number of ether oxygens (including phenoxy) is 1. The average molecular weight is 128 g/mol. The second-order valence-electron chi connectivity index (χ2n) is 0.891. The molecule has 0 unspecified atom stereocenters. The van der Waals surface area contributed by atoms with Gasteiger partial charge in [0.05, 0.1) is 5.94 Å². The van der Waals surface area contributed by atoms with Crippen LogP contribution in [-0.2, 0) is 4.74 Å². The molecule has 0 aromatic carbocycles. The van der Waals surface area contributed by atoms with Gasteiger partial charge >= 0.3 is 0 Å². The van der Waals surface area contributed by atoms with Crippen LogP contribution in [0.5, 0.6) is 0 Å². The molecule has 0 heterocycles. The third-order valence-electron chi connectivity index (χ3n) is 0.335. The highest BCUT2D eigenvalue weighted by Gasteiger charge is 1.98. The van der Waals surface area contributed by atoms with E-state index in [0.717, 1.165) is 0 Å². The summed E-state index contributed by atoms with van der Waals surface area (Å²) in [5.74, 6) is 0.0599. The number of thiol groups is 1. The summed E-state index contributed by atoms with van der Waals surface area (Å²) < 4.78 is 26.3. The molecule has 7 heavy (non-hydrogen) atoms. The lowest BCUT2D eigenvalue weighted by Crippen LogP contribution is -2.01. The molecule has 0 aliphatic rings. The Hall–Kier alpha value is 0.170. The molecule has 0 aliphatic heterocycles. The van der Waals surface area contributed by atoms with Gasteiger partial charge in [-0.2, -0.15) is 12.6 Å². The highest BCUT2D eigenvalue weighted by Crippen LogP contribution is 1.91. The zero-order valence-corrected chi connectivity index (χ0v) is 4.50. The molecule has 0 aromatic rings. The number of hydrogen-bond donors (Lipinski definition) is 1. The van der Waals surface area contributed by atoms with Crippen molar-refractivity contribution in [1.82, 2.24) is 0 Å². The molecule has 0 N–H and O–H groups in total. The first kappa shape index (κ1) is 7.17. The molecule has 0 saturated heterocycles. The van der Waals surface area contributed by atoms with Gasteiger partial charge in [0.2, 0.25) is 0 Å². The van der Waals surface area contributed by atoms with Gasteiger partial charge in [-0.1, -0.05) is 0 Å². The van der Waals surface area contributed by atoms with Gasteiger partial charge in [0.1, 0.15) is 6.61 Å². The normalized spacial score (nSPS) is 10.3. The fraction of sp³-hybridized carbons (Fsp3) is 1.00. The van der Waals surface area contributed by atoms with Crippen LogP contribution in [0.4, 0.5) is 8.78 Å². The number of hydrogen-bond acceptors (Lipinski definition) is 2. The Balaban J connectivity index is 2.68. The van der Waals surface area contributed by atoms with Crippen LogP contribution in [0.25, 0.3) is 0 Å². The predicted octanol–water partition coefficient (Wildman–Crippen LogP) is 1.16. The van der Waals surface area contributed by atoms with Crippen molar-refractivity contribution in [1.29, 1.82) is 0 Å². The highest BCUT2D eigenvalue weighted by atomic mass is 32.1. The molecule has 44 valence electrons. The van der Waals surface area contributed by atoms with E-state index in [1.165, 1.54) is 0 Å². The molecule has 0 spiro atoms. The second kappa shape index (κ2) is 4.33. The van der Waals surface area contributed by atoms with E-state index in [4.69, 9.17) is 0 Å². The van der Waals surface area contributed by atoms with Gasteiger partial charge in [0, 0.05) is 0 Å². The topological polar surface area (TPSA) is 9.23 Å². The van der Waals surface area contributed by atoms with Gasteiger partial charge < -0.3 is 4.74 Å². The van der Waals surface area contributed by atoms with E-state index in [1.807, 2.05) is 0 Å². The van der Waals surface area contributed by atoms with E-state index in [-0.39, 0.29) is 5.94 Å². The van der Waals surface area contributed by atoms with E-state index >= 15 is 0 Å². The molecule has 0 saturated carbocycles. The van der Waals surface area contributed by atoms with Crippen molar-refractivity contribution in [2.24, 2.45) is 0 Å². The summed E-state index contributed by atoms with van der Waals surface area (Å²) in [5.41, 5.74) is 0. The first-order valence-corrected chi connectivity index (χ1v) is 2.37. The second-order valence-corrected chi connectivity index (χ2v) is 1.15. The van der Waals surface area contributed by atoms with Crippen molar-refractivity contribution >= 4 is 12.6 Å². The average Bonchev–Trinajstić information content (AvgIpc) is 1.61. The SMILES string of the molecule is FC(F)COCS. The molecule has 4 heteroatoms. The summed E-state index contributed by atoms with van der Waals surface area (Å²) in [6.07, 6.45) is -2.37. The molecule has 0 aliphatic carbocycles. The molecule has 0 bridgehead atoms. The Bertz CT molecular complexity index is 41.9. The highest BCUT2D eigenvalue weighted by molar-refractivity contribution is 7.80. The number of alkyl halides is 2. The minimum absolute atomic E-state index is 0.0599. The summed E-state index contributed by atoms with van der Waals surface area (Å²) >= 11 is 3.54. The van der Waals surface area contributed by atoms with Crippen LogP contribution in [0.2, 0.25) is 0 Å². The van der Waals surface area contributed by atoms with Crippen molar-refractivity contribution in [2.45, 2.75) is 6.43 Å². The fourth-order valence-electron chi connectivity index (χ4n) is 0.142. The van der Waals surface area contributed by atoms with Crippen LogP contribution in [0.1, 0.15) is 0 Å². The summed E-state index contributed by atoms with van der Waals surface area (Å²) in [7, 11) is 0. The third-order valence-corrected chi connectivity index (χ3v) is 0.518. The van der Waals surface area contributed by atoms with Gasteiger partial charge in [-0.3, -0.25) is 0 Å². The van der Waals surface area contributed by atoms with Gasteiger partial charge in [-0.25, -0.2) is 8.78 Å². The maximum Gasteiger partial charge on any atom is 0.261 e. The van der Waals surface area contributed by atoms with E-state index < -0.39 is 13.0 Å². The summed E-state index contributed by atoms with van der Waals surface area (Å²) in [6, 6.07) is 0. The van der Waals surface area contributed by atoms with Crippen molar-refractivity contribution < 1.29 is 13.5 Å². The summed E-state index contributed by atoms with van der Waals surface area (Å²) in [5, 5.41) is 0. The van der Waals surface area contributed by atoms with Crippen molar-refractivity contribution in [3.8, 4) is 0 Å². The summed E-state index contributed by atoms with van der Waals surface area (Å²) in [6.45, 7) is -0.510. The van der Waals surface area contributed by atoms with Crippen LogP contribution in [0.15, 0.2) is 0 Å². The van der Waals surface area contributed by atoms with Crippen LogP contribution in [0, 0.1) is 0 Å². The van der Waals surface area contributed by atoms with Gasteiger partial charge in [0.25, 0.3) is 6.43 Å². The standard InChI is InChI=1S/C3H6F2OS/c4-3(5)1-6-2-7/h3,7H,1-2H2. The number of rotatable bonds is 3. The van der Waals surface area contributed by atoms with Crippen molar-refractivity contribution in [3.63, 3.8) is 0 Å². The Morgan fingerprint density at radius 2 is 2.14 bits per heavy atom. The van der Waals surface area contributed by atoms with Gasteiger partial charge in [-0.05, 0) is 0 Å². The van der Waals surface area contributed by atoms with Crippen LogP contribution >= 0.6 is 12.6 Å². The van der Waals surface area contributed by atoms with Crippen LogP contribution in [0.3, 0.4) is 0 Å². The Morgan fingerprint density at radius 3 is 2.29 bits per heavy atom. The monoisotopic (exact) mass is 128 g/mol. The van der Waals surface area contributed by atoms with Crippen molar-refractivity contribution in [3.05, 3.63) is 0 Å². The molecule has 0 radical (unpaired) electrons. The zero-order valence-electron chi connectivity index (χ0n) is 3.60. The van der Waals surface area contributed by atoms with E-state index in [2.05, 4.69) is 17.4 Å². The largest absolute Gasteiger partial charge is 0.365 e. The molecular formula is C3H6F2OS. The fourth-order valence-corrected chi connectivity index (χ4v) is 0.247. The van der Waals surface area contributed by atoms with Gasteiger partial charge in [0.15, 0.2) is 0 Å². The maximum atomic E-state index is 11.1. The van der Waals surface area contributed by atoms with Crippen molar-refractivity contribution in [2.75, 3.05) is 12.5 Å². The lowest BCUT2D eigenvalue weighted by atomic mass is 10.8. The third kappa shape index (κ3) is 6.17. The lowest BCUT2D eigenvalue weighted by Gasteiger charge is -1.94. The smallest absolute Gasteiger partial charge is 0.261 e. The predicted molar refractivity (Wildman–Crippen MR) is 25.8 cm³/mol. The van der Waals surface area contributed by atoms with Crippen LogP contribution < -0.4 is 0 Å². The van der Waals surface area contributed by atoms with E-state index in [1.54, 1.807) is 0 Å². The first-order chi connectivity index (χ1) is 3.27. The van der Waals surface area contributed by atoms with Crippen LogP contribution in [-0.4, -0.2) is 19.0 Å². The Kier molecular flexibility index (Phi) is 4.44. The maximum absolute atomic E-state index is 11.1. The quantitative estimate of drug-likeness (QED) is 0.443.